The summed E-state index contributed by atoms with van der Waals surface area (Å²) in [6.45, 7) is 3.47. The van der Waals surface area contributed by atoms with Crippen LogP contribution >= 0.6 is 15.6 Å². The fraction of sp³-hybridized carbons (Fsp3) is 0.100. The molecule has 0 amide bonds. The van der Waals surface area contributed by atoms with E-state index in [1.165, 1.54) is 44.5 Å². The van der Waals surface area contributed by atoms with Crippen molar-refractivity contribution < 1.29 is 59.5 Å². The van der Waals surface area contributed by atoms with Crippen LogP contribution in [-0.4, -0.2) is 29.1 Å². The number of aromatic nitrogens is 8. The van der Waals surface area contributed by atoms with Gasteiger partial charge in [-0.05, 0) is 44.5 Å². The first kappa shape index (κ1) is 46.8. The smallest absolute Gasteiger partial charge is 0.241 e. The molecule has 332 valence electrons. The van der Waals surface area contributed by atoms with Crippen LogP contribution in [0.5, 0.6) is 0 Å². The van der Waals surface area contributed by atoms with Crippen LogP contribution in [0, 0.1) is 0 Å². The molecule has 4 aromatic carbocycles. The number of H-pyrrole nitrogens is 2. The molecule has 0 aliphatic heterocycles. The quantitative estimate of drug-likeness (QED) is 0.0815. The van der Waals surface area contributed by atoms with Gasteiger partial charge in [-0.2, -0.15) is 0 Å². The van der Waals surface area contributed by atoms with Gasteiger partial charge in [0.15, 0.2) is 0 Å². The number of imidazole rings is 4. The van der Waals surface area contributed by atoms with Crippen molar-refractivity contribution in [3.05, 3.63) is 194 Å². The van der Waals surface area contributed by atoms with E-state index in [0.717, 1.165) is 26.2 Å². The van der Waals surface area contributed by atoms with Gasteiger partial charge in [0.05, 0.1) is 12.7 Å². The van der Waals surface area contributed by atoms with Crippen molar-refractivity contribution in [1.82, 2.24) is 29.1 Å². The standard InChI is InChI=1S/2C20H18N4.2F6P/c2*1-5-19(6-2-17(1)13-23-11-9-21-15-23)20-7-3-18(4-8-20)14-24-12-10-22-16-24;2*1-7(2,3,4,5)6/h2*1-12,15-16H,13-14H2;;/q;;2*-1/p+2. The van der Waals surface area contributed by atoms with Crippen LogP contribution in [0.1, 0.15) is 22.3 Å². The van der Waals surface area contributed by atoms with Crippen LogP contribution in [0.4, 0.5) is 50.4 Å². The minimum atomic E-state index is -10.7. The summed E-state index contributed by atoms with van der Waals surface area (Å²) in [7, 11) is -21.3. The first-order valence-electron chi connectivity index (χ1n) is 18.1. The van der Waals surface area contributed by atoms with Crippen molar-refractivity contribution in [2.24, 2.45) is 0 Å². The molecular formula is C40H38F12N8P2. The first-order valence-corrected chi connectivity index (χ1v) is 22.1. The maximum Gasteiger partial charge on any atom is 0.241 e. The van der Waals surface area contributed by atoms with E-state index in [2.05, 4.69) is 135 Å². The van der Waals surface area contributed by atoms with Crippen molar-refractivity contribution >= 4 is 15.6 Å². The molecule has 0 aliphatic rings. The molecule has 0 bridgehead atoms. The Balaban J connectivity index is 0.000000180. The van der Waals surface area contributed by atoms with Gasteiger partial charge in [0.2, 0.25) is 12.7 Å². The van der Waals surface area contributed by atoms with Gasteiger partial charge >= 0.3 is 66.0 Å². The zero-order valence-corrected chi connectivity index (χ0v) is 33.9. The maximum absolute atomic E-state index is 10.7. The Bertz CT molecular complexity index is 2190. The van der Waals surface area contributed by atoms with Crippen molar-refractivity contribution in [2.75, 3.05) is 0 Å². The molecule has 0 fully saturated rings. The number of rotatable bonds is 10. The predicted molar refractivity (Wildman–Crippen MR) is 214 cm³/mol. The Morgan fingerprint density at radius 2 is 0.694 bits per heavy atom. The summed E-state index contributed by atoms with van der Waals surface area (Å²) in [6, 6.07) is 35.0. The molecule has 8 nitrogen and oxygen atoms in total. The second-order valence-corrected chi connectivity index (χ2v) is 17.6. The number of nitrogens with one attached hydrogen (secondary N) is 2. The fourth-order valence-corrected chi connectivity index (χ4v) is 5.65. The van der Waals surface area contributed by atoms with Crippen molar-refractivity contribution in [3.8, 4) is 22.3 Å². The average molecular weight is 921 g/mol. The summed E-state index contributed by atoms with van der Waals surface area (Å²) >= 11 is 0. The molecule has 4 heterocycles. The van der Waals surface area contributed by atoms with Crippen molar-refractivity contribution in [3.63, 3.8) is 0 Å². The third kappa shape index (κ3) is 20.3. The van der Waals surface area contributed by atoms with Crippen LogP contribution < -0.4 is 9.13 Å². The van der Waals surface area contributed by atoms with Crippen LogP contribution in [0.3, 0.4) is 0 Å². The van der Waals surface area contributed by atoms with Gasteiger partial charge in [0.25, 0.3) is 0 Å². The number of benzene rings is 4. The monoisotopic (exact) mass is 920 g/mol. The van der Waals surface area contributed by atoms with Crippen molar-refractivity contribution in [2.45, 2.75) is 26.2 Å². The van der Waals surface area contributed by atoms with E-state index < -0.39 is 15.6 Å². The number of halogens is 12. The van der Waals surface area contributed by atoms with E-state index in [-0.39, 0.29) is 0 Å². The van der Waals surface area contributed by atoms with Gasteiger partial charge in [-0.3, -0.25) is 9.97 Å². The minimum absolute atomic E-state index is 0.854. The van der Waals surface area contributed by atoms with Crippen LogP contribution in [-0.2, 0) is 26.2 Å². The Morgan fingerprint density at radius 3 is 0.919 bits per heavy atom. The Labute approximate surface area is 346 Å². The second-order valence-electron chi connectivity index (χ2n) is 13.7. The molecule has 4 aromatic heterocycles. The molecule has 62 heavy (non-hydrogen) atoms. The zero-order chi connectivity index (χ0) is 45.2. The average Bonchev–Trinajstić information content (AvgIpc) is 4.02. The van der Waals surface area contributed by atoms with E-state index >= 15 is 0 Å². The number of nitrogens with zero attached hydrogens (tertiary/aromatic N) is 6. The van der Waals surface area contributed by atoms with Gasteiger partial charge in [-0.15, -0.1) is 0 Å². The molecule has 22 heteroatoms. The van der Waals surface area contributed by atoms with Crippen LogP contribution in [0.2, 0.25) is 0 Å². The molecule has 0 radical (unpaired) electrons. The van der Waals surface area contributed by atoms with E-state index in [1.54, 1.807) is 0 Å². The molecule has 8 aromatic rings. The summed E-state index contributed by atoms with van der Waals surface area (Å²) in [5.41, 5.74) is 10.1. The SMILES string of the molecule is F[P-](F)(F)(F)(F)F.F[P-](F)(F)(F)(F)F.c1cn(Cc2ccc(-c3ccc(C[n+]4cc[nH]c4)cc3)cc2)cn1.c1cn(Cc2ccc(-c3ccc(C[n+]4cc[nH]c4)cc3)cc2)cn1. The molecule has 8 rings (SSSR count). The predicted octanol–water partition coefficient (Wildman–Crippen LogP) is 13.3. The molecule has 0 unspecified atom stereocenters. The van der Waals surface area contributed by atoms with Crippen LogP contribution in [0.15, 0.2) is 172 Å². The first-order chi connectivity index (χ1) is 28.6. The summed E-state index contributed by atoms with van der Waals surface area (Å²) in [5.74, 6) is 0. The topological polar surface area (TPSA) is 75.0 Å². The van der Waals surface area contributed by atoms with Gasteiger partial charge < -0.3 is 9.13 Å². The second kappa shape index (κ2) is 17.2. The minimum Gasteiger partial charge on any atom is -0.333 e. The molecule has 0 saturated carbocycles. The number of hydrogen-bond acceptors (Lipinski definition) is 2. The Kier molecular flexibility index (Phi) is 13.0. The summed E-state index contributed by atoms with van der Waals surface area (Å²) < 4.78 is 127. The van der Waals surface area contributed by atoms with Crippen LogP contribution in [0.25, 0.3) is 22.3 Å². The summed E-state index contributed by atoms with van der Waals surface area (Å²) in [4.78, 5) is 14.3. The third-order valence-corrected chi connectivity index (χ3v) is 8.27. The van der Waals surface area contributed by atoms with E-state index in [4.69, 9.17) is 0 Å². The van der Waals surface area contributed by atoms with E-state index in [0.29, 0.717) is 0 Å². The van der Waals surface area contributed by atoms with E-state index in [1.807, 2.05) is 74.9 Å². The van der Waals surface area contributed by atoms with Crippen molar-refractivity contribution in [1.29, 1.82) is 0 Å². The van der Waals surface area contributed by atoms with Gasteiger partial charge in [0.1, 0.15) is 37.9 Å². The Hall–Kier alpha value is -6.26. The normalized spacial score (nSPS) is 13.6. The molecule has 0 aliphatic carbocycles. The van der Waals surface area contributed by atoms with Gasteiger partial charge in [-0.25, -0.2) is 19.1 Å². The Morgan fingerprint density at radius 1 is 0.419 bits per heavy atom. The van der Waals surface area contributed by atoms with Gasteiger partial charge in [-0.1, -0.05) is 97.1 Å². The third-order valence-electron chi connectivity index (χ3n) is 8.27. The molecule has 0 atom stereocenters. The summed E-state index contributed by atoms with van der Waals surface area (Å²) in [5, 5.41) is 0. The van der Waals surface area contributed by atoms with E-state index in [9.17, 15) is 50.4 Å². The molecule has 0 saturated heterocycles. The maximum atomic E-state index is 9.87. The molecular weight excluding hydrogens is 882 g/mol. The number of aromatic amines is 2. The van der Waals surface area contributed by atoms with Gasteiger partial charge in [0, 0.05) is 37.9 Å². The largest absolute Gasteiger partial charge is 0.333 e. The molecule has 2 N–H and O–H groups in total. The summed E-state index contributed by atoms with van der Waals surface area (Å²) in [6.07, 6.45) is 23.1. The fourth-order valence-electron chi connectivity index (χ4n) is 5.65. The molecule has 0 spiro atoms. The zero-order valence-electron chi connectivity index (χ0n) is 32.1. The number of hydrogen-bond donors (Lipinski definition) is 2.